The number of amides is 1. The highest BCUT2D eigenvalue weighted by atomic mass is 79.9. The summed E-state index contributed by atoms with van der Waals surface area (Å²) in [4.78, 5) is 14.0. The van der Waals surface area contributed by atoms with Crippen LogP contribution in [0.2, 0.25) is 0 Å². The number of hydrogen-bond acceptors (Lipinski definition) is 1. The molecule has 1 amide bonds. The minimum Gasteiger partial charge on any atom is -0.342 e. The van der Waals surface area contributed by atoms with Gasteiger partial charge in [-0.25, -0.2) is 0 Å². The molecule has 1 saturated carbocycles. The molecule has 2 aliphatic rings. The lowest BCUT2D eigenvalue weighted by molar-refractivity contribution is -0.133. The van der Waals surface area contributed by atoms with Crippen LogP contribution in [-0.4, -0.2) is 29.2 Å². The summed E-state index contributed by atoms with van der Waals surface area (Å²) in [5.41, 5.74) is 0. The van der Waals surface area contributed by atoms with E-state index < -0.39 is 0 Å². The van der Waals surface area contributed by atoms with Gasteiger partial charge in [-0.3, -0.25) is 4.79 Å². The first-order valence-electron chi connectivity index (χ1n) is 6.13. The quantitative estimate of drug-likeness (QED) is 0.722. The molecule has 0 N–H and O–H groups in total. The van der Waals surface area contributed by atoms with E-state index in [9.17, 15) is 4.79 Å². The molecular weight excluding hydrogens is 254 g/mol. The molecular formula is C12H20BrNO. The second-order valence-corrected chi connectivity index (χ2v) is 5.77. The summed E-state index contributed by atoms with van der Waals surface area (Å²) in [6.45, 7) is 2.02. The van der Waals surface area contributed by atoms with Gasteiger partial charge in [-0.2, -0.15) is 0 Å². The van der Waals surface area contributed by atoms with Crippen LogP contribution in [0.3, 0.4) is 0 Å². The van der Waals surface area contributed by atoms with Gasteiger partial charge >= 0.3 is 0 Å². The molecule has 0 radical (unpaired) electrons. The molecule has 0 bridgehead atoms. The van der Waals surface area contributed by atoms with Gasteiger partial charge in [-0.1, -0.05) is 15.9 Å². The second kappa shape index (κ2) is 5.33. The van der Waals surface area contributed by atoms with E-state index >= 15 is 0 Å². The van der Waals surface area contributed by atoms with Crippen molar-refractivity contribution in [2.45, 2.75) is 38.5 Å². The number of nitrogens with zero attached hydrogens (tertiary/aromatic N) is 1. The highest BCUT2D eigenvalue weighted by Crippen LogP contribution is 2.33. The lowest BCUT2D eigenvalue weighted by atomic mass is 9.95. The van der Waals surface area contributed by atoms with Crippen molar-refractivity contribution in [2.24, 2.45) is 11.8 Å². The van der Waals surface area contributed by atoms with E-state index in [0.29, 0.717) is 5.91 Å². The van der Waals surface area contributed by atoms with Gasteiger partial charge in [0, 0.05) is 24.8 Å². The first kappa shape index (κ1) is 11.4. The Morgan fingerprint density at radius 3 is 2.73 bits per heavy atom. The van der Waals surface area contributed by atoms with E-state index in [4.69, 9.17) is 0 Å². The van der Waals surface area contributed by atoms with Crippen molar-refractivity contribution in [3.8, 4) is 0 Å². The van der Waals surface area contributed by atoms with Crippen LogP contribution in [0.4, 0.5) is 0 Å². The predicted molar refractivity (Wildman–Crippen MR) is 65.1 cm³/mol. The first-order chi connectivity index (χ1) is 7.29. The molecule has 1 saturated heterocycles. The fourth-order valence-electron chi connectivity index (χ4n) is 2.38. The van der Waals surface area contributed by atoms with Crippen molar-refractivity contribution in [2.75, 3.05) is 18.4 Å². The zero-order valence-corrected chi connectivity index (χ0v) is 10.8. The van der Waals surface area contributed by atoms with Crippen LogP contribution in [0.25, 0.3) is 0 Å². The lowest BCUT2D eigenvalue weighted by Gasteiger charge is -2.32. The first-order valence-corrected chi connectivity index (χ1v) is 7.25. The zero-order chi connectivity index (χ0) is 10.7. The molecule has 86 valence electrons. The molecule has 15 heavy (non-hydrogen) atoms. The van der Waals surface area contributed by atoms with Crippen LogP contribution in [0.15, 0.2) is 0 Å². The molecule has 2 fully saturated rings. The van der Waals surface area contributed by atoms with Gasteiger partial charge in [0.25, 0.3) is 0 Å². The number of carbonyl (C=O) groups excluding carboxylic acids is 1. The summed E-state index contributed by atoms with van der Waals surface area (Å²) in [7, 11) is 0. The van der Waals surface area contributed by atoms with E-state index in [1.165, 1.54) is 32.1 Å². The number of halogens is 1. The van der Waals surface area contributed by atoms with Gasteiger partial charge in [-0.05, 0) is 43.9 Å². The molecule has 0 aromatic rings. The van der Waals surface area contributed by atoms with Crippen molar-refractivity contribution >= 4 is 21.8 Å². The van der Waals surface area contributed by atoms with E-state index in [1.54, 1.807) is 0 Å². The Morgan fingerprint density at radius 2 is 2.07 bits per heavy atom. The van der Waals surface area contributed by atoms with Crippen LogP contribution in [0, 0.1) is 11.8 Å². The Bertz CT molecular complexity index is 226. The Kier molecular flexibility index (Phi) is 4.06. The van der Waals surface area contributed by atoms with Gasteiger partial charge in [0.05, 0.1) is 0 Å². The number of rotatable bonds is 4. The normalized spacial score (nSPS) is 26.7. The summed E-state index contributed by atoms with van der Waals surface area (Å²) in [5.74, 6) is 1.88. The topological polar surface area (TPSA) is 20.3 Å². The van der Waals surface area contributed by atoms with Gasteiger partial charge in [0.2, 0.25) is 5.91 Å². The minimum atomic E-state index is 0.414. The highest BCUT2D eigenvalue weighted by Gasteiger charge is 2.29. The SMILES string of the molecule is O=C(CC1CC1)N1CCCC(CCBr)C1. The maximum absolute atomic E-state index is 11.9. The molecule has 1 unspecified atom stereocenters. The van der Waals surface area contributed by atoms with Crippen LogP contribution >= 0.6 is 15.9 Å². The predicted octanol–water partition coefficient (Wildman–Crippen LogP) is 2.81. The van der Waals surface area contributed by atoms with Crippen molar-refractivity contribution < 1.29 is 4.79 Å². The molecule has 1 atom stereocenters. The van der Waals surface area contributed by atoms with E-state index in [2.05, 4.69) is 20.8 Å². The van der Waals surface area contributed by atoms with Crippen LogP contribution in [0.5, 0.6) is 0 Å². The van der Waals surface area contributed by atoms with Gasteiger partial charge < -0.3 is 4.90 Å². The largest absolute Gasteiger partial charge is 0.342 e. The highest BCUT2D eigenvalue weighted by molar-refractivity contribution is 9.09. The number of alkyl halides is 1. The molecule has 1 heterocycles. The fourth-order valence-corrected chi connectivity index (χ4v) is 3.03. The van der Waals surface area contributed by atoms with Gasteiger partial charge in [0.1, 0.15) is 0 Å². The Hall–Kier alpha value is -0.0500. The molecule has 0 aromatic carbocycles. The van der Waals surface area contributed by atoms with Crippen LogP contribution in [-0.2, 0) is 4.79 Å². The van der Waals surface area contributed by atoms with E-state index in [-0.39, 0.29) is 0 Å². The Labute approximate surface area is 101 Å². The maximum atomic E-state index is 11.9. The zero-order valence-electron chi connectivity index (χ0n) is 9.25. The van der Waals surface area contributed by atoms with Crippen molar-refractivity contribution in [1.82, 2.24) is 4.90 Å². The Morgan fingerprint density at radius 1 is 1.27 bits per heavy atom. The number of likely N-dealkylation sites (tertiary alicyclic amines) is 1. The summed E-state index contributed by atoms with van der Waals surface area (Å²) >= 11 is 3.49. The standard InChI is InChI=1S/C12H20BrNO/c13-6-5-11-2-1-7-14(9-11)12(15)8-10-3-4-10/h10-11H,1-9H2. The average Bonchev–Trinajstić information content (AvgIpc) is 3.03. The summed E-state index contributed by atoms with van der Waals surface area (Å²) in [5, 5.41) is 1.07. The number of piperidine rings is 1. The molecule has 0 spiro atoms. The van der Waals surface area contributed by atoms with Gasteiger partial charge in [-0.15, -0.1) is 0 Å². The van der Waals surface area contributed by atoms with E-state index in [0.717, 1.165) is 36.7 Å². The molecule has 1 aliphatic heterocycles. The van der Waals surface area contributed by atoms with Gasteiger partial charge in [0.15, 0.2) is 0 Å². The molecule has 1 aliphatic carbocycles. The van der Waals surface area contributed by atoms with Crippen molar-refractivity contribution in [3.63, 3.8) is 0 Å². The van der Waals surface area contributed by atoms with Crippen molar-refractivity contribution in [1.29, 1.82) is 0 Å². The summed E-state index contributed by atoms with van der Waals surface area (Å²) in [6, 6.07) is 0. The van der Waals surface area contributed by atoms with E-state index in [1.807, 2.05) is 0 Å². The summed E-state index contributed by atoms with van der Waals surface area (Å²) < 4.78 is 0. The smallest absolute Gasteiger partial charge is 0.222 e. The lowest BCUT2D eigenvalue weighted by Crippen LogP contribution is -2.40. The monoisotopic (exact) mass is 273 g/mol. The minimum absolute atomic E-state index is 0.414. The maximum Gasteiger partial charge on any atom is 0.222 e. The number of carbonyl (C=O) groups is 1. The molecule has 2 nitrogen and oxygen atoms in total. The number of hydrogen-bond donors (Lipinski definition) is 0. The Balaban J connectivity index is 1.77. The molecule has 3 heteroatoms. The van der Waals surface area contributed by atoms with Crippen molar-refractivity contribution in [3.05, 3.63) is 0 Å². The fraction of sp³-hybridized carbons (Fsp3) is 0.917. The third-order valence-electron chi connectivity index (χ3n) is 3.55. The third kappa shape index (κ3) is 3.47. The summed E-state index contributed by atoms with van der Waals surface area (Å²) in [6.07, 6.45) is 7.11. The van der Waals surface area contributed by atoms with Crippen LogP contribution < -0.4 is 0 Å². The van der Waals surface area contributed by atoms with Crippen LogP contribution in [0.1, 0.15) is 38.5 Å². The average molecular weight is 274 g/mol. The third-order valence-corrected chi connectivity index (χ3v) is 4.01. The molecule has 0 aromatic heterocycles. The molecule has 2 rings (SSSR count). The second-order valence-electron chi connectivity index (χ2n) is 4.97.